The molecule has 2 aromatic carbocycles. The van der Waals surface area contributed by atoms with Gasteiger partial charge in [0.05, 0.1) is 29.5 Å². The molecule has 0 fully saturated rings. The van der Waals surface area contributed by atoms with Gasteiger partial charge in [-0.25, -0.2) is 9.78 Å². The van der Waals surface area contributed by atoms with Crippen LogP contribution in [0.2, 0.25) is 0 Å². The van der Waals surface area contributed by atoms with Crippen LogP contribution in [-0.2, 0) is 6.54 Å². The maximum absolute atomic E-state index is 11.3. The Kier molecular flexibility index (Phi) is 3.55. The first-order valence-electron chi connectivity index (χ1n) is 6.61. The Morgan fingerprint density at radius 1 is 1.14 bits per heavy atom. The standard InChI is InChI=1S/C16H14N2O3/c19-16(20)13-7-4-8-14-15(13)18(11-17-14)9-10-21-12-5-2-1-3-6-12/h1-8,11H,9-10H2,(H,19,20). The molecule has 1 aromatic heterocycles. The number of aromatic nitrogens is 2. The van der Waals surface area contributed by atoms with Crippen molar-refractivity contribution in [3.05, 3.63) is 60.4 Å². The third-order valence-corrected chi connectivity index (χ3v) is 3.21. The fraction of sp³-hybridized carbons (Fsp3) is 0.125. The second-order valence-corrected chi connectivity index (χ2v) is 4.58. The van der Waals surface area contributed by atoms with Gasteiger partial charge in [0.15, 0.2) is 0 Å². The minimum Gasteiger partial charge on any atom is -0.492 e. The predicted octanol–water partition coefficient (Wildman–Crippen LogP) is 2.81. The van der Waals surface area contributed by atoms with E-state index < -0.39 is 5.97 Å². The minimum absolute atomic E-state index is 0.254. The van der Waals surface area contributed by atoms with E-state index in [-0.39, 0.29) is 5.56 Å². The van der Waals surface area contributed by atoms with Gasteiger partial charge in [-0.2, -0.15) is 0 Å². The van der Waals surface area contributed by atoms with Crippen molar-refractivity contribution < 1.29 is 14.6 Å². The Bertz CT molecular complexity index is 766. The minimum atomic E-state index is -0.952. The molecular formula is C16H14N2O3. The van der Waals surface area contributed by atoms with E-state index in [1.807, 2.05) is 34.9 Å². The summed E-state index contributed by atoms with van der Waals surface area (Å²) in [5, 5.41) is 9.26. The lowest BCUT2D eigenvalue weighted by Gasteiger charge is -2.08. The van der Waals surface area contributed by atoms with Gasteiger partial charge in [-0.3, -0.25) is 0 Å². The van der Waals surface area contributed by atoms with Gasteiger partial charge in [-0.15, -0.1) is 0 Å². The summed E-state index contributed by atoms with van der Waals surface area (Å²) in [5.41, 5.74) is 1.56. The highest BCUT2D eigenvalue weighted by Crippen LogP contribution is 2.18. The molecule has 0 saturated carbocycles. The normalized spacial score (nSPS) is 10.7. The van der Waals surface area contributed by atoms with Gasteiger partial charge in [0.2, 0.25) is 0 Å². The molecule has 0 amide bonds. The number of para-hydroxylation sites is 2. The van der Waals surface area contributed by atoms with E-state index in [1.165, 1.54) is 0 Å². The highest BCUT2D eigenvalue weighted by Gasteiger charge is 2.12. The molecule has 21 heavy (non-hydrogen) atoms. The molecular weight excluding hydrogens is 268 g/mol. The van der Waals surface area contributed by atoms with Crippen LogP contribution in [0, 0.1) is 0 Å². The predicted molar refractivity (Wildman–Crippen MR) is 78.6 cm³/mol. The zero-order valence-corrected chi connectivity index (χ0v) is 11.3. The Hall–Kier alpha value is -2.82. The SMILES string of the molecule is O=C(O)c1cccc2ncn(CCOc3ccccc3)c12. The maximum Gasteiger partial charge on any atom is 0.337 e. The third-order valence-electron chi connectivity index (χ3n) is 3.21. The van der Waals surface area contributed by atoms with E-state index in [1.54, 1.807) is 24.5 Å². The van der Waals surface area contributed by atoms with Crippen LogP contribution < -0.4 is 4.74 Å². The van der Waals surface area contributed by atoms with Crippen molar-refractivity contribution in [2.24, 2.45) is 0 Å². The number of imidazole rings is 1. The van der Waals surface area contributed by atoms with Crippen LogP contribution in [0.1, 0.15) is 10.4 Å². The smallest absolute Gasteiger partial charge is 0.337 e. The van der Waals surface area contributed by atoms with E-state index in [0.29, 0.717) is 24.2 Å². The number of rotatable bonds is 5. The number of hydrogen-bond donors (Lipinski definition) is 1. The highest BCUT2D eigenvalue weighted by molar-refractivity contribution is 6.01. The molecule has 1 heterocycles. The van der Waals surface area contributed by atoms with Gasteiger partial charge >= 0.3 is 5.97 Å². The quantitative estimate of drug-likeness (QED) is 0.781. The molecule has 0 aliphatic heterocycles. The van der Waals surface area contributed by atoms with Crippen molar-refractivity contribution >= 4 is 17.0 Å². The first kappa shape index (κ1) is 13.2. The van der Waals surface area contributed by atoms with Gasteiger partial charge in [-0.1, -0.05) is 24.3 Å². The number of benzene rings is 2. The number of carboxylic acid groups (broad SMARTS) is 1. The number of aromatic carboxylic acids is 1. The topological polar surface area (TPSA) is 64.3 Å². The second kappa shape index (κ2) is 5.66. The highest BCUT2D eigenvalue weighted by atomic mass is 16.5. The van der Waals surface area contributed by atoms with Crippen LogP contribution in [-0.4, -0.2) is 27.2 Å². The molecule has 5 heteroatoms. The number of carbonyl (C=O) groups is 1. The van der Waals surface area contributed by atoms with E-state index in [9.17, 15) is 9.90 Å². The molecule has 5 nitrogen and oxygen atoms in total. The van der Waals surface area contributed by atoms with Crippen molar-refractivity contribution in [1.82, 2.24) is 9.55 Å². The van der Waals surface area contributed by atoms with Gasteiger partial charge in [0.25, 0.3) is 0 Å². The average Bonchev–Trinajstić information content (AvgIpc) is 2.91. The molecule has 0 unspecified atom stereocenters. The lowest BCUT2D eigenvalue weighted by atomic mass is 10.2. The van der Waals surface area contributed by atoms with Gasteiger partial charge in [0, 0.05) is 0 Å². The number of fused-ring (bicyclic) bond motifs is 1. The first-order valence-corrected chi connectivity index (χ1v) is 6.61. The fourth-order valence-corrected chi connectivity index (χ4v) is 2.25. The monoisotopic (exact) mass is 282 g/mol. The summed E-state index contributed by atoms with van der Waals surface area (Å²) in [6, 6.07) is 14.6. The van der Waals surface area contributed by atoms with Crippen LogP contribution in [0.25, 0.3) is 11.0 Å². The molecule has 0 atom stereocenters. The molecule has 0 saturated heterocycles. The molecule has 1 N–H and O–H groups in total. The summed E-state index contributed by atoms with van der Waals surface area (Å²) in [4.78, 5) is 15.5. The zero-order valence-electron chi connectivity index (χ0n) is 11.3. The molecule has 0 radical (unpaired) electrons. The maximum atomic E-state index is 11.3. The van der Waals surface area contributed by atoms with Crippen molar-refractivity contribution in [1.29, 1.82) is 0 Å². The Morgan fingerprint density at radius 3 is 2.71 bits per heavy atom. The summed E-state index contributed by atoms with van der Waals surface area (Å²) in [7, 11) is 0. The van der Waals surface area contributed by atoms with Crippen molar-refractivity contribution in [2.45, 2.75) is 6.54 Å². The largest absolute Gasteiger partial charge is 0.492 e. The molecule has 0 spiro atoms. The number of nitrogens with zero attached hydrogens (tertiary/aromatic N) is 2. The average molecular weight is 282 g/mol. The van der Waals surface area contributed by atoms with Crippen molar-refractivity contribution in [3.63, 3.8) is 0 Å². The van der Waals surface area contributed by atoms with Crippen LogP contribution in [0.4, 0.5) is 0 Å². The van der Waals surface area contributed by atoms with Crippen LogP contribution in [0.5, 0.6) is 5.75 Å². The lowest BCUT2D eigenvalue weighted by molar-refractivity contribution is 0.0698. The number of ether oxygens (including phenoxy) is 1. The van der Waals surface area contributed by atoms with Gasteiger partial charge in [0.1, 0.15) is 12.4 Å². The van der Waals surface area contributed by atoms with Gasteiger partial charge < -0.3 is 14.4 Å². The zero-order chi connectivity index (χ0) is 14.7. The van der Waals surface area contributed by atoms with E-state index in [2.05, 4.69) is 4.98 Å². The molecule has 3 aromatic rings. The summed E-state index contributed by atoms with van der Waals surface area (Å²) in [5.74, 6) is -0.160. The fourth-order valence-electron chi connectivity index (χ4n) is 2.25. The molecule has 0 bridgehead atoms. The molecule has 0 aliphatic carbocycles. The molecule has 0 aliphatic rings. The lowest BCUT2D eigenvalue weighted by Crippen LogP contribution is -2.09. The van der Waals surface area contributed by atoms with Crippen molar-refractivity contribution in [3.8, 4) is 5.75 Å². The van der Waals surface area contributed by atoms with E-state index >= 15 is 0 Å². The van der Waals surface area contributed by atoms with Crippen LogP contribution in [0.3, 0.4) is 0 Å². The summed E-state index contributed by atoms with van der Waals surface area (Å²) in [6.45, 7) is 0.985. The summed E-state index contributed by atoms with van der Waals surface area (Å²) >= 11 is 0. The molecule has 3 rings (SSSR count). The first-order chi connectivity index (χ1) is 10.3. The Morgan fingerprint density at radius 2 is 1.95 bits per heavy atom. The summed E-state index contributed by atoms with van der Waals surface area (Å²) < 4.78 is 7.44. The Labute approximate surface area is 121 Å². The van der Waals surface area contributed by atoms with Gasteiger partial charge in [-0.05, 0) is 24.3 Å². The number of hydrogen-bond acceptors (Lipinski definition) is 3. The van der Waals surface area contributed by atoms with E-state index in [4.69, 9.17) is 4.74 Å². The molecule has 106 valence electrons. The second-order valence-electron chi connectivity index (χ2n) is 4.58. The third kappa shape index (κ3) is 2.72. The van der Waals surface area contributed by atoms with E-state index in [0.717, 1.165) is 5.75 Å². The van der Waals surface area contributed by atoms with Crippen molar-refractivity contribution in [2.75, 3.05) is 6.61 Å². The van der Waals surface area contributed by atoms with Crippen LogP contribution >= 0.6 is 0 Å². The van der Waals surface area contributed by atoms with Crippen LogP contribution in [0.15, 0.2) is 54.9 Å². The Balaban J connectivity index is 1.80. The summed E-state index contributed by atoms with van der Waals surface area (Å²) in [6.07, 6.45) is 1.64. The number of carboxylic acids is 1.